The summed E-state index contributed by atoms with van der Waals surface area (Å²) in [6.07, 6.45) is 42.9. The Balaban J connectivity index is 1.48. The van der Waals surface area contributed by atoms with Crippen molar-refractivity contribution in [2.45, 2.75) is 192 Å². The Morgan fingerprint density at radius 2 is 0.769 bits per heavy atom. The number of epoxide rings is 2. The van der Waals surface area contributed by atoms with Crippen LogP contribution < -0.4 is 0 Å². The van der Waals surface area contributed by atoms with Gasteiger partial charge in [-0.2, -0.15) is 0 Å². The maximum Gasteiger partial charge on any atom is 0.111 e. The van der Waals surface area contributed by atoms with Crippen LogP contribution in [0.2, 0.25) is 0 Å². The lowest BCUT2D eigenvalue weighted by atomic mass is 10.0. The molecule has 2 rings (SSSR count). The Morgan fingerprint density at radius 1 is 0.487 bits per heavy atom. The van der Waals surface area contributed by atoms with Crippen LogP contribution in [0.5, 0.6) is 0 Å². The maximum absolute atomic E-state index is 6.49. The highest BCUT2D eigenvalue weighted by Gasteiger charge is 2.38. The summed E-state index contributed by atoms with van der Waals surface area (Å²) in [6, 6.07) is 0. The Hall–Kier alpha value is -0.640. The minimum atomic E-state index is 0.0681. The molecule has 0 spiro atoms. The van der Waals surface area contributed by atoms with E-state index in [4.69, 9.17) is 14.2 Å². The van der Waals surface area contributed by atoms with Gasteiger partial charge in [0, 0.05) is 0 Å². The number of hydrogen-bond acceptors (Lipinski definition) is 3. The van der Waals surface area contributed by atoms with Crippen molar-refractivity contribution in [3.63, 3.8) is 0 Å². The van der Waals surface area contributed by atoms with Gasteiger partial charge in [-0.15, -0.1) is 0 Å². The number of rotatable bonds is 30. The van der Waals surface area contributed by atoms with E-state index in [1.165, 1.54) is 141 Å². The number of ether oxygens (including phenoxy) is 3. The second-order valence-corrected chi connectivity index (χ2v) is 12.3. The Morgan fingerprint density at radius 3 is 1.05 bits per heavy atom. The second-order valence-electron chi connectivity index (χ2n) is 12.3. The fourth-order valence-corrected chi connectivity index (χ4v) is 5.50. The molecule has 0 bridgehead atoms. The van der Waals surface area contributed by atoms with Gasteiger partial charge in [-0.3, -0.25) is 0 Å². The molecule has 2 fully saturated rings. The van der Waals surface area contributed by atoms with Crippen molar-refractivity contribution in [3.8, 4) is 0 Å². The normalized spacial score (nSPS) is 20.3. The molecule has 39 heavy (non-hydrogen) atoms. The fraction of sp³-hybridized carbons (Fsp3) is 0.889. The van der Waals surface area contributed by atoms with Crippen molar-refractivity contribution in [1.82, 2.24) is 0 Å². The summed E-state index contributed by atoms with van der Waals surface area (Å²) >= 11 is 0. The molecule has 4 atom stereocenters. The van der Waals surface area contributed by atoms with Crippen LogP contribution in [0.1, 0.15) is 168 Å². The van der Waals surface area contributed by atoms with Crippen LogP contribution in [0.15, 0.2) is 24.3 Å². The van der Waals surface area contributed by atoms with Gasteiger partial charge in [-0.05, 0) is 25.7 Å². The zero-order chi connectivity index (χ0) is 27.6. The average Bonchev–Trinajstić information content (AvgIpc) is 3.86. The van der Waals surface area contributed by atoms with Crippen molar-refractivity contribution in [2.75, 3.05) is 13.2 Å². The first-order chi connectivity index (χ1) is 19.3. The molecule has 0 aromatic carbocycles. The third-order valence-electron chi connectivity index (χ3n) is 8.37. The van der Waals surface area contributed by atoms with Gasteiger partial charge >= 0.3 is 0 Å². The van der Waals surface area contributed by atoms with E-state index in [0.717, 1.165) is 26.1 Å². The standard InChI is InChI=1S/C36H66O3/c1-3-5-7-9-11-13-15-17-19-21-23-25-27-29-33(35-31-37-35)39-34(36-32-38-36)30-28-26-24-22-20-18-16-14-12-10-8-6-4-2/h27-30,33-36H,3-26,31-32H2,1-2H3/b29-27+,30-28+. The largest absolute Gasteiger partial charge is 0.370 e. The van der Waals surface area contributed by atoms with Crippen LogP contribution in [0.4, 0.5) is 0 Å². The lowest BCUT2D eigenvalue weighted by molar-refractivity contribution is 0.0113. The number of hydrogen-bond donors (Lipinski definition) is 0. The van der Waals surface area contributed by atoms with E-state index in [0.29, 0.717) is 0 Å². The predicted octanol–water partition coefficient (Wildman–Crippen LogP) is 11.1. The molecular weight excluding hydrogens is 480 g/mol. The Labute approximate surface area is 243 Å². The summed E-state index contributed by atoms with van der Waals surface area (Å²) < 4.78 is 17.7. The van der Waals surface area contributed by atoms with Crippen LogP contribution in [-0.4, -0.2) is 37.6 Å². The monoisotopic (exact) mass is 547 g/mol. The molecular formula is C36H66O3. The summed E-state index contributed by atoms with van der Waals surface area (Å²) in [5, 5.41) is 0. The molecule has 0 saturated carbocycles. The van der Waals surface area contributed by atoms with E-state index in [1.807, 2.05) is 0 Å². The van der Waals surface area contributed by atoms with Gasteiger partial charge in [0.1, 0.15) is 24.4 Å². The number of allylic oxidation sites excluding steroid dienone is 2. The Kier molecular flexibility index (Phi) is 22.2. The van der Waals surface area contributed by atoms with E-state index < -0.39 is 0 Å². The first-order valence-corrected chi connectivity index (χ1v) is 17.6. The third-order valence-corrected chi connectivity index (χ3v) is 8.37. The lowest BCUT2D eigenvalue weighted by Crippen LogP contribution is -2.27. The first-order valence-electron chi connectivity index (χ1n) is 17.6. The van der Waals surface area contributed by atoms with Crippen LogP contribution in [-0.2, 0) is 14.2 Å². The third kappa shape index (κ3) is 20.8. The van der Waals surface area contributed by atoms with Gasteiger partial charge in [0.25, 0.3) is 0 Å². The van der Waals surface area contributed by atoms with Gasteiger partial charge in [-0.25, -0.2) is 0 Å². The van der Waals surface area contributed by atoms with E-state index >= 15 is 0 Å². The van der Waals surface area contributed by atoms with Crippen molar-refractivity contribution in [1.29, 1.82) is 0 Å². The highest BCUT2D eigenvalue weighted by Crippen LogP contribution is 2.26. The second kappa shape index (κ2) is 25.1. The molecule has 2 saturated heterocycles. The van der Waals surface area contributed by atoms with Crippen molar-refractivity contribution in [3.05, 3.63) is 24.3 Å². The molecule has 0 radical (unpaired) electrons. The lowest BCUT2D eigenvalue weighted by Gasteiger charge is -2.18. The van der Waals surface area contributed by atoms with Crippen LogP contribution >= 0.6 is 0 Å². The molecule has 0 aromatic heterocycles. The molecule has 0 amide bonds. The molecule has 2 aliphatic rings. The van der Waals surface area contributed by atoms with Gasteiger partial charge in [0.05, 0.1) is 13.2 Å². The van der Waals surface area contributed by atoms with E-state index in [1.54, 1.807) is 0 Å². The van der Waals surface area contributed by atoms with Crippen molar-refractivity contribution in [2.24, 2.45) is 0 Å². The molecule has 0 aromatic rings. The number of unbranched alkanes of at least 4 members (excludes halogenated alkanes) is 22. The van der Waals surface area contributed by atoms with Crippen LogP contribution in [0, 0.1) is 0 Å². The Bertz CT molecular complexity index is 528. The zero-order valence-electron chi connectivity index (χ0n) is 26.2. The zero-order valence-corrected chi connectivity index (χ0v) is 26.2. The molecule has 0 N–H and O–H groups in total. The topological polar surface area (TPSA) is 34.3 Å². The molecule has 2 aliphatic heterocycles. The minimum Gasteiger partial charge on any atom is -0.370 e. The van der Waals surface area contributed by atoms with Gasteiger partial charge in [-0.1, -0.05) is 167 Å². The molecule has 3 heteroatoms. The van der Waals surface area contributed by atoms with Crippen molar-refractivity contribution >= 4 is 0 Å². The van der Waals surface area contributed by atoms with Crippen LogP contribution in [0.3, 0.4) is 0 Å². The molecule has 3 nitrogen and oxygen atoms in total. The van der Waals surface area contributed by atoms with Gasteiger partial charge in [0.15, 0.2) is 0 Å². The van der Waals surface area contributed by atoms with Gasteiger partial charge < -0.3 is 14.2 Å². The van der Waals surface area contributed by atoms with E-state index in [2.05, 4.69) is 38.2 Å². The quantitative estimate of drug-likeness (QED) is 0.0510. The summed E-state index contributed by atoms with van der Waals surface area (Å²) in [5.41, 5.74) is 0. The fourth-order valence-electron chi connectivity index (χ4n) is 5.50. The average molecular weight is 547 g/mol. The summed E-state index contributed by atoms with van der Waals surface area (Å²) in [4.78, 5) is 0. The SMILES string of the molecule is CCCCCCCCCCCCC/C=C/C(OC(/C=C/CCCCCCCCCCCCC)C1CO1)C1CO1. The van der Waals surface area contributed by atoms with Gasteiger partial charge in [0.2, 0.25) is 0 Å². The first kappa shape index (κ1) is 34.6. The highest BCUT2D eigenvalue weighted by atomic mass is 16.6. The summed E-state index contributed by atoms with van der Waals surface area (Å²) in [5.74, 6) is 0. The van der Waals surface area contributed by atoms with Crippen LogP contribution in [0.25, 0.3) is 0 Å². The maximum atomic E-state index is 6.49. The summed E-state index contributed by atoms with van der Waals surface area (Å²) in [7, 11) is 0. The smallest absolute Gasteiger partial charge is 0.111 e. The molecule has 4 unspecified atom stereocenters. The summed E-state index contributed by atoms with van der Waals surface area (Å²) in [6.45, 7) is 6.24. The predicted molar refractivity (Wildman–Crippen MR) is 169 cm³/mol. The minimum absolute atomic E-state index is 0.0681. The molecule has 2 heterocycles. The molecule has 228 valence electrons. The van der Waals surface area contributed by atoms with E-state index in [-0.39, 0.29) is 24.4 Å². The molecule has 0 aliphatic carbocycles. The van der Waals surface area contributed by atoms with E-state index in [9.17, 15) is 0 Å². The highest BCUT2D eigenvalue weighted by molar-refractivity contribution is 5.03. The van der Waals surface area contributed by atoms with Crippen molar-refractivity contribution < 1.29 is 14.2 Å².